The molecule has 15 heavy (non-hydrogen) atoms. The minimum Gasteiger partial charge on any atom is -0.488 e. The van der Waals surface area contributed by atoms with Gasteiger partial charge in [-0.3, -0.25) is 0 Å². The first-order valence-electron chi connectivity index (χ1n) is 4.73. The summed E-state index contributed by atoms with van der Waals surface area (Å²) in [6, 6.07) is 6.93. The van der Waals surface area contributed by atoms with Crippen molar-refractivity contribution in [3.05, 3.63) is 29.8 Å². The van der Waals surface area contributed by atoms with Crippen LogP contribution in [0.15, 0.2) is 24.3 Å². The molecule has 4 heteroatoms. The van der Waals surface area contributed by atoms with Gasteiger partial charge in [0.15, 0.2) is 0 Å². The summed E-state index contributed by atoms with van der Waals surface area (Å²) in [5, 5.41) is 0. The summed E-state index contributed by atoms with van der Waals surface area (Å²) in [6.07, 6.45) is -0.129. The monoisotopic (exact) mass is 209 g/mol. The van der Waals surface area contributed by atoms with Gasteiger partial charge < -0.3 is 15.2 Å². The number of esters is 1. The first-order chi connectivity index (χ1) is 7.19. The number of para-hydroxylation sites is 1. The third-order valence-corrected chi connectivity index (χ3v) is 1.95. The lowest BCUT2D eigenvalue weighted by atomic mass is 10.2. The van der Waals surface area contributed by atoms with Crippen molar-refractivity contribution < 1.29 is 14.3 Å². The van der Waals surface area contributed by atoms with Gasteiger partial charge in [-0.1, -0.05) is 12.1 Å². The van der Waals surface area contributed by atoms with Gasteiger partial charge in [0.05, 0.1) is 7.11 Å². The van der Waals surface area contributed by atoms with Crippen molar-refractivity contribution in [3.63, 3.8) is 0 Å². The maximum atomic E-state index is 11.4. The average Bonchev–Trinajstić information content (AvgIpc) is 2.28. The predicted molar refractivity (Wildman–Crippen MR) is 56.9 cm³/mol. The van der Waals surface area contributed by atoms with E-state index in [2.05, 4.69) is 4.74 Å². The van der Waals surface area contributed by atoms with Gasteiger partial charge in [0.1, 0.15) is 17.4 Å². The van der Waals surface area contributed by atoms with Gasteiger partial charge in [-0.2, -0.15) is 0 Å². The summed E-state index contributed by atoms with van der Waals surface area (Å²) in [5.74, 6) is 0.0946. The zero-order valence-corrected chi connectivity index (χ0v) is 8.90. The molecule has 0 spiro atoms. The number of hydrogen-bond acceptors (Lipinski definition) is 4. The van der Waals surface area contributed by atoms with Crippen LogP contribution in [0.4, 0.5) is 0 Å². The second-order valence-electron chi connectivity index (χ2n) is 3.15. The second kappa shape index (κ2) is 5.36. The number of methoxy groups -OCH3 is 1. The summed E-state index contributed by atoms with van der Waals surface area (Å²) in [4.78, 5) is 11.4. The molecule has 1 aromatic carbocycles. The highest BCUT2D eigenvalue weighted by atomic mass is 16.5. The SMILES string of the molecule is COC(=O)c1ccccc1OC(C)CN. The van der Waals surface area contributed by atoms with E-state index in [-0.39, 0.29) is 6.10 Å². The fourth-order valence-electron chi connectivity index (χ4n) is 1.11. The predicted octanol–water partition coefficient (Wildman–Crippen LogP) is 1.20. The van der Waals surface area contributed by atoms with Gasteiger partial charge in [-0.25, -0.2) is 4.79 Å². The first-order valence-corrected chi connectivity index (χ1v) is 4.73. The highest BCUT2D eigenvalue weighted by Gasteiger charge is 2.13. The number of ether oxygens (including phenoxy) is 2. The quantitative estimate of drug-likeness (QED) is 0.757. The Labute approximate surface area is 89.0 Å². The van der Waals surface area contributed by atoms with Crippen LogP contribution in [0.5, 0.6) is 5.75 Å². The van der Waals surface area contributed by atoms with Gasteiger partial charge in [0.2, 0.25) is 0 Å². The van der Waals surface area contributed by atoms with E-state index in [4.69, 9.17) is 10.5 Å². The van der Waals surface area contributed by atoms with Crippen molar-refractivity contribution >= 4 is 5.97 Å². The van der Waals surface area contributed by atoms with Crippen molar-refractivity contribution in [1.29, 1.82) is 0 Å². The molecule has 0 heterocycles. The van der Waals surface area contributed by atoms with Crippen LogP contribution in [0.25, 0.3) is 0 Å². The fraction of sp³-hybridized carbons (Fsp3) is 0.364. The van der Waals surface area contributed by atoms with E-state index < -0.39 is 5.97 Å². The molecule has 0 aromatic heterocycles. The van der Waals surface area contributed by atoms with E-state index in [0.717, 1.165) is 0 Å². The minimum atomic E-state index is -0.408. The molecule has 1 rings (SSSR count). The van der Waals surface area contributed by atoms with Crippen LogP contribution in [-0.4, -0.2) is 25.7 Å². The highest BCUT2D eigenvalue weighted by Crippen LogP contribution is 2.19. The minimum absolute atomic E-state index is 0.129. The van der Waals surface area contributed by atoms with Crippen molar-refractivity contribution in [3.8, 4) is 5.75 Å². The number of hydrogen-bond donors (Lipinski definition) is 1. The molecule has 0 aliphatic carbocycles. The molecular formula is C11H15NO3. The first kappa shape index (κ1) is 11.5. The van der Waals surface area contributed by atoms with Gasteiger partial charge in [0, 0.05) is 6.54 Å². The molecule has 0 saturated heterocycles. The third kappa shape index (κ3) is 2.95. The summed E-state index contributed by atoms with van der Waals surface area (Å²) < 4.78 is 10.1. The fourth-order valence-corrected chi connectivity index (χ4v) is 1.11. The van der Waals surface area contributed by atoms with E-state index in [9.17, 15) is 4.79 Å². The van der Waals surface area contributed by atoms with E-state index in [1.54, 1.807) is 24.3 Å². The van der Waals surface area contributed by atoms with E-state index in [0.29, 0.717) is 17.9 Å². The molecule has 4 nitrogen and oxygen atoms in total. The number of rotatable bonds is 4. The highest BCUT2D eigenvalue weighted by molar-refractivity contribution is 5.92. The van der Waals surface area contributed by atoms with Crippen molar-refractivity contribution in [2.45, 2.75) is 13.0 Å². The lowest BCUT2D eigenvalue weighted by molar-refractivity contribution is 0.0594. The molecule has 0 bridgehead atoms. The average molecular weight is 209 g/mol. The standard InChI is InChI=1S/C11H15NO3/c1-8(7-12)15-10-6-4-3-5-9(10)11(13)14-2/h3-6,8H,7,12H2,1-2H3. The Morgan fingerprint density at radius 2 is 2.13 bits per heavy atom. The summed E-state index contributed by atoms with van der Waals surface area (Å²) in [6.45, 7) is 2.24. The van der Waals surface area contributed by atoms with Gasteiger partial charge in [-0.15, -0.1) is 0 Å². The van der Waals surface area contributed by atoms with Crippen LogP contribution in [0.2, 0.25) is 0 Å². The van der Waals surface area contributed by atoms with Crippen molar-refractivity contribution in [1.82, 2.24) is 0 Å². The van der Waals surface area contributed by atoms with Crippen molar-refractivity contribution in [2.75, 3.05) is 13.7 Å². The maximum Gasteiger partial charge on any atom is 0.341 e. The molecule has 1 aromatic rings. The van der Waals surface area contributed by atoms with Gasteiger partial charge in [-0.05, 0) is 19.1 Å². The molecule has 1 unspecified atom stereocenters. The molecule has 82 valence electrons. The smallest absolute Gasteiger partial charge is 0.341 e. The summed E-state index contributed by atoms with van der Waals surface area (Å²) in [5.41, 5.74) is 5.85. The molecule has 0 aliphatic rings. The van der Waals surface area contributed by atoms with E-state index in [1.165, 1.54) is 7.11 Å². The van der Waals surface area contributed by atoms with Crippen LogP contribution in [0, 0.1) is 0 Å². The molecular weight excluding hydrogens is 194 g/mol. The topological polar surface area (TPSA) is 61.5 Å². The summed E-state index contributed by atoms with van der Waals surface area (Å²) in [7, 11) is 1.34. The number of nitrogens with two attached hydrogens (primary N) is 1. The number of carbonyl (C=O) groups is 1. The lowest BCUT2D eigenvalue weighted by Crippen LogP contribution is -2.23. The second-order valence-corrected chi connectivity index (χ2v) is 3.15. The Morgan fingerprint density at radius 3 is 2.73 bits per heavy atom. The lowest BCUT2D eigenvalue weighted by Gasteiger charge is -2.14. The number of carbonyl (C=O) groups excluding carboxylic acids is 1. The Hall–Kier alpha value is -1.55. The Kier molecular flexibility index (Phi) is 4.12. The zero-order chi connectivity index (χ0) is 11.3. The molecule has 0 fully saturated rings. The van der Waals surface area contributed by atoms with Gasteiger partial charge >= 0.3 is 5.97 Å². The van der Waals surface area contributed by atoms with Crippen LogP contribution >= 0.6 is 0 Å². The van der Waals surface area contributed by atoms with Crippen LogP contribution in [0.1, 0.15) is 17.3 Å². The Morgan fingerprint density at radius 1 is 1.47 bits per heavy atom. The maximum absolute atomic E-state index is 11.4. The molecule has 0 radical (unpaired) electrons. The molecule has 0 saturated carbocycles. The van der Waals surface area contributed by atoms with Crippen LogP contribution in [-0.2, 0) is 4.74 Å². The van der Waals surface area contributed by atoms with Crippen LogP contribution < -0.4 is 10.5 Å². The normalized spacial score (nSPS) is 11.9. The van der Waals surface area contributed by atoms with E-state index in [1.807, 2.05) is 6.92 Å². The largest absolute Gasteiger partial charge is 0.488 e. The number of benzene rings is 1. The van der Waals surface area contributed by atoms with E-state index >= 15 is 0 Å². The molecule has 2 N–H and O–H groups in total. The molecule has 1 atom stereocenters. The summed E-state index contributed by atoms with van der Waals surface area (Å²) >= 11 is 0. The van der Waals surface area contributed by atoms with Gasteiger partial charge in [0.25, 0.3) is 0 Å². The van der Waals surface area contributed by atoms with Crippen LogP contribution in [0.3, 0.4) is 0 Å². The molecule has 0 amide bonds. The third-order valence-electron chi connectivity index (χ3n) is 1.95. The zero-order valence-electron chi connectivity index (χ0n) is 8.90. The Balaban J connectivity index is 2.91. The molecule has 0 aliphatic heterocycles. The van der Waals surface area contributed by atoms with Crippen molar-refractivity contribution in [2.24, 2.45) is 5.73 Å². The Bertz CT molecular complexity index is 338.